The molecule has 0 aliphatic rings. The Hall–Kier alpha value is -2.60. The molecule has 0 spiro atoms. The second-order valence-electron chi connectivity index (χ2n) is 5.54. The van der Waals surface area contributed by atoms with Crippen molar-refractivity contribution in [2.75, 3.05) is 13.6 Å². The molecule has 3 rings (SSSR count). The second-order valence-corrected chi connectivity index (χ2v) is 5.97. The number of nitrogens with zero attached hydrogens (tertiary/aromatic N) is 3. The topological polar surface area (TPSA) is 73.9 Å². The van der Waals surface area contributed by atoms with Gasteiger partial charge in [-0.25, -0.2) is 4.79 Å². The number of fused-ring (bicyclic) bond motifs is 1. The molecule has 2 heterocycles. The molecular formula is C17H18ClN5O. The highest BCUT2D eigenvalue weighted by Gasteiger charge is 2.10. The summed E-state index contributed by atoms with van der Waals surface area (Å²) in [5, 5.41) is 4.70. The monoisotopic (exact) mass is 343 g/mol. The Bertz CT molecular complexity index is 833. The van der Waals surface area contributed by atoms with Gasteiger partial charge in [0.05, 0.1) is 18.4 Å². The molecule has 0 atom stereocenters. The predicted octanol–water partition coefficient (Wildman–Crippen LogP) is 3.00. The zero-order valence-electron chi connectivity index (χ0n) is 13.3. The summed E-state index contributed by atoms with van der Waals surface area (Å²) in [5.41, 5.74) is 2.92. The number of H-pyrrole nitrogens is 1. The summed E-state index contributed by atoms with van der Waals surface area (Å²) < 4.78 is 0. The van der Waals surface area contributed by atoms with Crippen molar-refractivity contribution in [3.05, 3.63) is 59.3 Å². The second kappa shape index (κ2) is 7.31. The molecule has 24 heavy (non-hydrogen) atoms. The van der Waals surface area contributed by atoms with E-state index < -0.39 is 0 Å². The third kappa shape index (κ3) is 3.83. The lowest BCUT2D eigenvalue weighted by Gasteiger charge is -2.17. The van der Waals surface area contributed by atoms with Gasteiger partial charge in [-0.3, -0.25) is 9.97 Å². The third-order valence-electron chi connectivity index (χ3n) is 3.76. The molecule has 6 nitrogen and oxygen atoms in total. The quantitative estimate of drug-likeness (QED) is 0.748. The van der Waals surface area contributed by atoms with Gasteiger partial charge in [-0.1, -0.05) is 11.6 Å². The van der Waals surface area contributed by atoms with Crippen molar-refractivity contribution < 1.29 is 4.79 Å². The summed E-state index contributed by atoms with van der Waals surface area (Å²) in [5.74, 6) is 0. The van der Waals surface area contributed by atoms with Crippen molar-refractivity contribution in [2.24, 2.45) is 0 Å². The Morgan fingerprint density at radius 3 is 3.04 bits per heavy atom. The molecule has 0 saturated heterocycles. The van der Waals surface area contributed by atoms with Crippen molar-refractivity contribution in [1.29, 1.82) is 0 Å². The zero-order chi connectivity index (χ0) is 16.9. The molecule has 3 aromatic rings. The number of benzene rings is 1. The van der Waals surface area contributed by atoms with Gasteiger partial charge in [-0.15, -0.1) is 0 Å². The minimum Gasteiger partial charge on any atom is -0.361 e. The fourth-order valence-electron chi connectivity index (χ4n) is 2.52. The fourth-order valence-corrected chi connectivity index (χ4v) is 2.70. The van der Waals surface area contributed by atoms with Crippen molar-refractivity contribution in [3.8, 4) is 0 Å². The van der Waals surface area contributed by atoms with Crippen LogP contribution < -0.4 is 5.32 Å². The van der Waals surface area contributed by atoms with E-state index in [9.17, 15) is 4.79 Å². The standard InChI is InChI=1S/C17H18ClN5O/c1-23(11-14-10-19-6-7-20-14)17(24)21-5-4-12-9-22-16-3-2-13(18)8-15(12)16/h2-3,6-10,22H,4-5,11H2,1H3,(H,21,24). The number of aromatic nitrogens is 3. The molecule has 0 radical (unpaired) electrons. The highest BCUT2D eigenvalue weighted by Crippen LogP contribution is 2.22. The van der Waals surface area contributed by atoms with Gasteiger partial charge in [-0.2, -0.15) is 0 Å². The highest BCUT2D eigenvalue weighted by atomic mass is 35.5. The van der Waals surface area contributed by atoms with Crippen LogP contribution in [0.5, 0.6) is 0 Å². The van der Waals surface area contributed by atoms with Crippen LogP contribution in [-0.2, 0) is 13.0 Å². The van der Waals surface area contributed by atoms with Gasteiger partial charge >= 0.3 is 6.03 Å². The van der Waals surface area contributed by atoms with Crippen LogP contribution in [0.1, 0.15) is 11.3 Å². The molecular weight excluding hydrogens is 326 g/mol. The Balaban J connectivity index is 1.53. The first-order chi connectivity index (χ1) is 11.6. The van der Waals surface area contributed by atoms with Gasteiger partial charge in [0.1, 0.15) is 0 Å². The van der Waals surface area contributed by atoms with E-state index >= 15 is 0 Å². The number of hydrogen-bond acceptors (Lipinski definition) is 3. The highest BCUT2D eigenvalue weighted by molar-refractivity contribution is 6.31. The molecule has 124 valence electrons. The molecule has 0 saturated carbocycles. The Labute approximate surface area is 144 Å². The molecule has 0 bridgehead atoms. The van der Waals surface area contributed by atoms with Crippen LogP contribution in [0.3, 0.4) is 0 Å². The van der Waals surface area contributed by atoms with E-state index in [2.05, 4.69) is 20.3 Å². The number of carbonyl (C=O) groups excluding carboxylic acids is 1. The van der Waals surface area contributed by atoms with Crippen LogP contribution in [0.2, 0.25) is 5.02 Å². The lowest BCUT2D eigenvalue weighted by Crippen LogP contribution is -2.37. The van der Waals surface area contributed by atoms with E-state index in [4.69, 9.17) is 11.6 Å². The smallest absolute Gasteiger partial charge is 0.317 e. The number of amides is 2. The van der Waals surface area contributed by atoms with Crippen molar-refractivity contribution >= 4 is 28.5 Å². The molecule has 1 aromatic carbocycles. The maximum Gasteiger partial charge on any atom is 0.317 e. The van der Waals surface area contributed by atoms with E-state index in [0.717, 1.165) is 28.6 Å². The van der Waals surface area contributed by atoms with Gasteiger partial charge in [0, 0.05) is 48.1 Å². The summed E-state index contributed by atoms with van der Waals surface area (Å²) in [6, 6.07) is 5.60. The summed E-state index contributed by atoms with van der Waals surface area (Å²) >= 11 is 6.05. The summed E-state index contributed by atoms with van der Waals surface area (Å²) in [6.07, 6.45) is 7.56. The first-order valence-electron chi connectivity index (χ1n) is 7.63. The molecule has 2 N–H and O–H groups in total. The van der Waals surface area contributed by atoms with E-state index in [1.54, 1.807) is 30.5 Å². The SMILES string of the molecule is CN(Cc1cnccn1)C(=O)NCCc1c[nH]c2ccc(Cl)cc12. The number of aromatic amines is 1. The molecule has 0 unspecified atom stereocenters. The van der Waals surface area contributed by atoms with Crippen molar-refractivity contribution in [2.45, 2.75) is 13.0 Å². The Kier molecular flexibility index (Phi) is 4.96. The Morgan fingerprint density at radius 2 is 2.25 bits per heavy atom. The average molecular weight is 344 g/mol. The molecule has 0 aliphatic heterocycles. The van der Waals surface area contributed by atoms with E-state index in [1.807, 2.05) is 24.4 Å². The number of rotatable bonds is 5. The maximum atomic E-state index is 12.1. The minimum atomic E-state index is -0.140. The van der Waals surface area contributed by atoms with E-state index in [-0.39, 0.29) is 6.03 Å². The lowest BCUT2D eigenvalue weighted by atomic mass is 10.1. The normalized spacial score (nSPS) is 10.8. The van der Waals surface area contributed by atoms with E-state index in [1.165, 1.54) is 0 Å². The third-order valence-corrected chi connectivity index (χ3v) is 4.00. The number of urea groups is 1. The first-order valence-corrected chi connectivity index (χ1v) is 8.00. The molecule has 2 aromatic heterocycles. The van der Waals surface area contributed by atoms with Gasteiger partial charge in [-0.05, 0) is 30.2 Å². The maximum absolute atomic E-state index is 12.1. The first kappa shape index (κ1) is 16.3. The van der Waals surface area contributed by atoms with Gasteiger partial charge < -0.3 is 15.2 Å². The van der Waals surface area contributed by atoms with Crippen molar-refractivity contribution in [1.82, 2.24) is 25.2 Å². The van der Waals surface area contributed by atoms with Gasteiger partial charge in [0.25, 0.3) is 0 Å². The largest absolute Gasteiger partial charge is 0.361 e. The number of hydrogen-bond donors (Lipinski definition) is 2. The minimum absolute atomic E-state index is 0.140. The van der Waals surface area contributed by atoms with Gasteiger partial charge in [0.15, 0.2) is 0 Å². The summed E-state index contributed by atoms with van der Waals surface area (Å²) in [7, 11) is 1.73. The van der Waals surface area contributed by atoms with Crippen molar-refractivity contribution in [3.63, 3.8) is 0 Å². The summed E-state index contributed by atoms with van der Waals surface area (Å²) in [6.45, 7) is 0.964. The van der Waals surface area contributed by atoms with Gasteiger partial charge in [0.2, 0.25) is 0 Å². The number of carbonyl (C=O) groups is 1. The molecule has 2 amide bonds. The molecule has 7 heteroatoms. The predicted molar refractivity (Wildman–Crippen MR) is 93.9 cm³/mol. The molecule has 0 aliphatic carbocycles. The summed E-state index contributed by atoms with van der Waals surface area (Å²) in [4.78, 5) is 25.1. The molecule has 0 fully saturated rings. The number of nitrogens with one attached hydrogen (secondary N) is 2. The fraction of sp³-hybridized carbons (Fsp3) is 0.235. The van der Waals surface area contributed by atoms with E-state index in [0.29, 0.717) is 18.1 Å². The van der Waals surface area contributed by atoms with Crippen LogP contribution in [0.15, 0.2) is 43.0 Å². The van der Waals surface area contributed by atoms with Crippen LogP contribution >= 0.6 is 11.6 Å². The van der Waals surface area contributed by atoms with Crippen LogP contribution in [0.4, 0.5) is 4.79 Å². The zero-order valence-corrected chi connectivity index (χ0v) is 14.0. The average Bonchev–Trinajstić information content (AvgIpc) is 2.98. The Morgan fingerprint density at radius 1 is 1.38 bits per heavy atom. The lowest BCUT2D eigenvalue weighted by molar-refractivity contribution is 0.206. The van der Waals surface area contributed by atoms with Crippen LogP contribution in [0.25, 0.3) is 10.9 Å². The van der Waals surface area contributed by atoms with Crippen LogP contribution in [-0.4, -0.2) is 39.5 Å². The van der Waals surface area contributed by atoms with Crippen LogP contribution in [0, 0.1) is 0 Å². The number of halogens is 1.